The first-order valence-electron chi connectivity index (χ1n) is 13.4. The maximum atomic E-state index is 9.84. The van der Waals surface area contributed by atoms with Gasteiger partial charge in [0.25, 0.3) is 0 Å². The number of aliphatic hydroxyl groups excluding tert-OH is 2. The third-order valence-electron chi connectivity index (χ3n) is 9.02. The molecule has 0 radical (unpaired) electrons. The van der Waals surface area contributed by atoms with E-state index in [0.717, 1.165) is 44.9 Å². The van der Waals surface area contributed by atoms with Gasteiger partial charge in [0.2, 0.25) is 0 Å². The Kier molecular flexibility index (Phi) is 9.01. The van der Waals surface area contributed by atoms with Crippen LogP contribution in [0.4, 0.5) is 0 Å². The van der Waals surface area contributed by atoms with Gasteiger partial charge in [0, 0.05) is 25.7 Å². The molecule has 5 saturated heterocycles. The van der Waals surface area contributed by atoms with Crippen molar-refractivity contribution in [3.8, 4) is 0 Å². The van der Waals surface area contributed by atoms with Gasteiger partial charge < -0.3 is 33.9 Å². The fourth-order valence-corrected chi connectivity index (χ4v) is 7.28. The van der Waals surface area contributed by atoms with Crippen molar-refractivity contribution < 1.29 is 53.1 Å². The molecule has 2 saturated carbocycles. The molecule has 1 unspecified atom stereocenters. The van der Waals surface area contributed by atoms with Crippen molar-refractivity contribution in [1.29, 1.82) is 0 Å². The summed E-state index contributed by atoms with van der Waals surface area (Å²) < 4.78 is 30.0. The van der Waals surface area contributed by atoms with E-state index in [9.17, 15) is 10.2 Å². The quantitative estimate of drug-likeness (QED) is 0.496. The van der Waals surface area contributed by atoms with Crippen LogP contribution < -0.4 is 0 Å². The van der Waals surface area contributed by atoms with Crippen molar-refractivity contribution in [1.82, 2.24) is 0 Å². The molecule has 37 heavy (non-hydrogen) atoms. The van der Waals surface area contributed by atoms with Crippen molar-refractivity contribution in [3.05, 3.63) is 0 Å². The Morgan fingerprint density at radius 1 is 0.676 bits per heavy atom. The highest BCUT2D eigenvalue weighted by Crippen LogP contribution is 2.55. The van der Waals surface area contributed by atoms with E-state index < -0.39 is 12.2 Å². The Morgan fingerprint density at radius 3 is 1.62 bits per heavy atom. The van der Waals surface area contributed by atoms with E-state index in [1.165, 1.54) is 12.8 Å². The first-order valence-corrected chi connectivity index (χ1v) is 13.4. The van der Waals surface area contributed by atoms with Gasteiger partial charge in [0.05, 0.1) is 60.0 Å². The Hall–Kier alpha value is -1.52. The zero-order valence-corrected chi connectivity index (χ0v) is 21.4. The summed E-state index contributed by atoms with van der Waals surface area (Å²) >= 11 is 0. The molecule has 11 heteroatoms. The average Bonchev–Trinajstić information content (AvgIpc) is 3.47. The van der Waals surface area contributed by atoms with Gasteiger partial charge in [0.1, 0.15) is 12.2 Å². The third kappa shape index (κ3) is 5.62. The molecule has 0 aromatic rings. The van der Waals surface area contributed by atoms with Crippen molar-refractivity contribution in [2.45, 2.75) is 150 Å². The van der Waals surface area contributed by atoms with Crippen LogP contribution in [0.5, 0.6) is 0 Å². The van der Waals surface area contributed by atoms with Crippen LogP contribution in [-0.2, 0) is 42.9 Å². The van der Waals surface area contributed by atoms with Crippen LogP contribution in [0.3, 0.4) is 0 Å². The number of hydrogen-bond donors (Lipinski definition) is 2. The van der Waals surface area contributed by atoms with E-state index in [-0.39, 0.29) is 35.7 Å². The zero-order chi connectivity index (χ0) is 26.8. The van der Waals surface area contributed by atoms with E-state index in [1.807, 2.05) is 0 Å². The van der Waals surface area contributed by atoms with Crippen LogP contribution in [-0.4, -0.2) is 94.8 Å². The van der Waals surface area contributed by atoms with Gasteiger partial charge in [-0.1, -0.05) is 13.8 Å². The van der Waals surface area contributed by atoms with Crippen LogP contribution in [0, 0.1) is 0 Å². The summed E-state index contributed by atoms with van der Waals surface area (Å²) in [5.74, 6) is 0. The number of ether oxygens (including phenoxy) is 5. The topological polar surface area (TPSA) is 158 Å². The first kappa shape index (κ1) is 28.5. The van der Waals surface area contributed by atoms with Gasteiger partial charge in [-0.05, 0) is 38.5 Å². The SMILES string of the molecule is CC[C@H]1CC[C@@H]2O[C@@H]3C[C@]2(C[C@@H](O)[C@H]3O)O1.CC[C@H]1CC[C@@H]2O[C@@H]3C[C@]2(C[C@H]2OC23)O1.O=C=O.O=C=O. The highest BCUT2D eigenvalue weighted by atomic mass is 16.6. The minimum atomic E-state index is -0.736. The molecule has 0 aromatic heterocycles. The number of carbonyl (C=O) groups excluding carboxylic acids is 4. The predicted octanol–water partition coefficient (Wildman–Crippen LogP) is 1.07. The predicted molar refractivity (Wildman–Crippen MR) is 121 cm³/mol. The summed E-state index contributed by atoms with van der Waals surface area (Å²) in [6.45, 7) is 4.34. The molecule has 5 heterocycles. The second-order valence-corrected chi connectivity index (χ2v) is 11.1. The molecular weight excluding hydrogens is 488 g/mol. The molecule has 0 aromatic carbocycles. The van der Waals surface area contributed by atoms with Crippen LogP contribution in [0.1, 0.15) is 78.1 Å². The molecule has 2 N–H and O–H groups in total. The largest absolute Gasteiger partial charge is 0.390 e. The number of epoxide rings is 1. The van der Waals surface area contributed by atoms with E-state index in [4.69, 9.17) is 42.9 Å². The summed E-state index contributed by atoms with van der Waals surface area (Å²) in [7, 11) is 0. The zero-order valence-electron chi connectivity index (χ0n) is 21.4. The molecule has 12 atom stereocenters. The van der Waals surface area contributed by atoms with Crippen LogP contribution >= 0.6 is 0 Å². The van der Waals surface area contributed by atoms with Crippen molar-refractivity contribution in [2.24, 2.45) is 0 Å². The maximum Gasteiger partial charge on any atom is 0.373 e. The number of rotatable bonds is 2. The van der Waals surface area contributed by atoms with Gasteiger partial charge in [-0.3, -0.25) is 0 Å². The van der Waals surface area contributed by atoms with Crippen molar-refractivity contribution in [3.63, 3.8) is 0 Å². The minimum Gasteiger partial charge on any atom is -0.390 e. The lowest BCUT2D eigenvalue weighted by molar-refractivity contribution is -0.193. The molecule has 2 spiro atoms. The summed E-state index contributed by atoms with van der Waals surface area (Å²) in [6, 6.07) is 0. The number of aliphatic hydroxyl groups is 2. The maximum absolute atomic E-state index is 9.84. The van der Waals surface area contributed by atoms with Crippen molar-refractivity contribution in [2.75, 3.05) is 0 Å². The molecule has 7 fully saturated rings. The summed E-state index contributed by atoms with van der Waals surface area (Å²) in [4.78, 5) is 32.5. The highest BCUT2D eigenvalue weighted by Gasteiger charge is 2.66. The fourth-order valence-electron chi connectivity index (χ4n) is 7.28. The minimum absolute atomic E-state index is 0.0290. The Balaban J connectivity index is 0.000000143. The molecule has 4 bridgehead atoms. The molecule has 208 valence electrons. The molecule has 7 rings (SSSR count). The van der Waals surface area contributed by atoms with Gasteiger partial charge in [-0.15, -0.1) is 0 Å². The standard InChI is InChI=1S/C12H20O4.C12H18O3.2CO2/c1-2-7-3-4-10-12(16-7)5-8(13)11(14)9(6-12)15-10;1-2-7-3-4-10-12(15-7)5-8(13-10)11-9(6-12)14-11;2*2-1-3/h7-11,13-14H,2-6H2,1H3;7-11H,2-6H2,1H3;;/t7-,8+,9+,10-,11+,12-;7-,8+,9+,10-,11?,12+;;/m00../s1. The summed E-state index contributed by atoms with van der Waals surface area (Å²) in [6.07, 6.45) is 11.2. The van der Waals surface area contributed by atoms with E-state index >= 15 is 0 Å². The van der Waals surface area contributed by atoms with Gasteiger partial charge >= 0.3 is 12.3 Å². The lowest BCUT2D eigenvalue weighted by Gasteiger charge is -2.44. The summed E-state index contributed by atoms with van der Waals surface area (Å²) in [5, 5.41) is 19.6. The fraction of sp³-hybridized carbons (Fsp3) is 0.923. The van der Waals surface area contributed by atoms with Crippen molar-refractivity contribution >= 4 is 12.3 Å². The normalized spacial score (nSPS) is 49.4. The lowest BCUT2D eigenvalue weighted by atomic mass is 9.76. The van der Waals surface area contributed by atoms with Gasteiger partial charge in [0.15, 0.2) is 0 Å². The monoisotopic (exact) mass is 526 g/mol. The van der Waals surface area contributed by atoms with Crippen LogP contribution in [0.15, 0.2) is 0 Å². The highest BCUT2D eigenvalue weighted by molar-refractivity contribution is 5.20. The van der Waals surface area contributed by atoms with Gasteiger partial charge in [-0.25, -0.2) is 0 Å². The Labute approximate surface area is 216 Å². The molecule has 0 amide bonds. The molecule has 11 nitrogen and oxygen atoms in total. The first-order chi connectivity index (χ1) is 17.8. The second-order valence-electron chi connectivity index (χ2n) is 11.1. The van der Waals surface area contributed by atoms with E-state index in [0.29, 0.717) is 43.0 Å². The molecule has 5 aliphatic heterocycles. The smallest absolute Gasteiger partial charge is 0.373 e. The lowest BCUT2D eigenvalue weighted by Crippen LogP contribution is -2.54. The van der Waals surface area contributed by atoms with Crippen LogP contribution in [0.2, 0.25) is 0 Å². The third-order valence-corrected chi connectivity index (χ3v) is 9.02. The molecule has 7 aliphatic rings. The second kappa shape index (κ2) is 11.7. The molecular formula is C26H38O11. The van der Waals surface area contributed by atoms with Gasteiger partial charge in [-0.2, -0.15) is 19.2 Å². The average molecular weight is 527 g/mol. The summed E-state index contributed by atoms with van der Waals surface area (Å²) in [5.41, 5.74) is -0.288. The number of hydrogen-bond acceptors (Lipinski definition) is 11. The Bertz CT molecular complexity index is 835. The van der Waals surface area contributed by atoms with E-state index in [2.05, 4.69) is 13.8 Å². The van der Waals surface area contributed by atoms with Crippen LogP contribution in [0.25, 0.3) is 0 Å². The van der Waals surface area contributed by atoms with E-state index in [1.54, 1.807) is 0 Å². The number of fused-ring (bicyclic) bond motifs is 4. The Morgan fingerprint density at radius 2 is 1.11 bits per heavy atom. The molecule has 2 aliphatic carbocycles.